The second kappa shape index (κ2) is 6.91. The first kappa shape index (κ1) is 15.2. The van der Waals surface area contributed by atoms with Gasteiger partial charge in [-0.1, -0.05) is 11.6 Å². The van der Waals surface area contributed by atoms with E-state index in [0.29, 0.717) is 13.2 Å². The summed E-state index contributed by atoms with van der Waals surface area (Å²) in [6.45, 7) is 0.671. The van der Waals surface area contributed by atoms with Crippen molar-refractivity contribution in [2.75, 3.05) is 32.6 Å². The van der Waals surface area contributed by atoms with Crippen LogP contribution in [0.15, 0.2) is 12.1 Å². The van der Waals surface area contributed by atoms with Gasteiger partial charge in [0.05, 0.1) is 16.6 Å². The Hall–Kier alpha value is -1.86. The highest BCUT2D eigenvalue weighted by atomic mass is 35.5. The molecular formula is C11H14ClN3O4. The molecule has 2 N–H and O–H groups in total. The predicted molar refractivity (Wildman–Crippen MR) is 71.9 cm³/mol. The fourth-order valence-corrected chi connectivity index (χ4v) is 1.79. The molecule has 7 nitrogen and oxygen atoms in total. The third kappa shape index (κ3) is 3.80. The summed E-state index contributed by atoms with van der Waals surface area (Å²) in [5.74, 6) is -0.440. The molecular weight excluding hydrogens is 274 g/mol. The van der Waals surface area contributed by atoms with Crippen LogP contribution in [-0.2, 0) is 4.74 Å². The summed E-state index contributed by atoms with van der Waals surface area (Å²) in [5.41, 5.74) is 0.0683. The minimum absolute atomic E-state index is 0.119. The molecule has 0 unspecified atom stereocenters. The number of halogens is 1. The number of nitrogens with one attached hydrogen (secondary N) is 2. The van der Waals surface area contributed by atoms with E-state index in [4.69, 9.17) is 16.3 Å². The highest BCUT2D eigenvalue weighted by Gasteiger charge is 2.20. The van der Waals surface area contributed by atoms with Crippen LogP contribution in [0.3, 0.4) is 0 Å². The van der Waals surface area contributed by atoms with Gasteiger partial charge in [-0.3, -0.25) is 14.9 Å². The lowest BCUT2D eigenvalue weighted by Crippen LogP contribution is -2.27. The van der Waals surface area contributed by atoms with Crippen LogP contribution in [0, 0.1) is 10.1 Å². The molecule has 8 heteroatoms. The van der Waals surface area contributed by atoms with Crippen LogP contribution in [0.4, 0.5) is 11.4 Å². The van der Waals surface area contributed by atoms with Crippen molar-refractivity contribution >= 4 is 28.9 Å². The third-order valence-electron chi connectivity index (χ3n) is 2.37. The van der Waals surface area contributed by atoms with Crippen LogP contribution >= 0.6 is 11.6 Å². The monoisotopic (exact) mass is 287 g/mol. The van der Waals surface area contributed by atoms with Crippen LogP contribution in [0.1, 0.15) is 10.4 Å². The molecule has 1 amide bonds. The SMILES string of the molecule is CNc1c(Cl)cc(C(=O)NCCOC)cc1[N+](=O)[O-]. The zero-order chi connectivity index (χ0) is 14.4. The minimum atomic E-state index is -0.594. The molecule has 0 radical (unpaired) electrons. The van der Waals surface area contributed by atoms with Gasteiger partial charge in [0.2, 0.25) is 0 Å². The number of rotatable bonds is 6. The molecule has 1 aromatic carbocycles. The molecule has 0 saturated carbocycles. The summed E-state index contributed by atoms with van der Waals surface area (Å²) >= 11 is 5.91. The van der Waals surface area contributed by atoms with E-state index in [2.05, 4.69) is 10.6 Å². The topological polar surface area (TPSA) is 93.5 Å². The second-order valence-electron chi connectivity index (χ2n) is 3.61. The Kier molecular flexibility index (Phi) is 5.53. The number of carbonyl (C=O) groups is 1. The number of anilines is 1. The number of nitro groups is 1. The molecule has 0 fully saturated rings. The Morgan fingerprint density at radius 2 is 2.21 bits per heavy atom. The Morgan fingerprint density at radius 3 is 2.74 bits per heavy atom. The highest BCUT2D eigenvalue weighted by Crippen LogP contribution is 2.33. The van der Waals surface area contributed by atoms with E-state index >= 15 is 0 Å². The Labute approximate surface area is 115 Å². The van der Waals surface area contributed by atoms with Gasteiger partial charge in [0, 0.05) is 32.3 Å². The quantitative estimate of drug-likeness (QED) is 0.471. The van der Waals surface area contributed by atoms with Crippen LogP contribution in [0.25, 0.3) is 0 Å². The zero-order valence-corrected chi connectivity index (χ0v) is 11.3. The molecule has 0 heterocycles. The molecule has 0 saturated heterocycles. The largest absolute Gasteiger partial charge is 0.383 e. The average Bonchev–Trinajstić information content (AvgIpc) is 2.37. The molecule has 0 atom stereocenters. The lowest BCUT2D eigenvalue weighted by molar-refractivity contribution is -0.383. The summed E-state index contributed by atoms with van der Waals surface area (Å²) in [6, 6.07) is 2.56. The first-order valence-electron chi connectivity index (χ1n) is 5.44. The average molecular weight is 288 g/mol. The lowest BCUT2D eigenvalue weighted by atomic mass is 10.1. The number of nitro benzene ring substituents is 1. The van der Waals surface area contributed by atoms with Crippen molar-refractivity contribution in [1.82, 2.24) is 5.32 Å². The van der Waals surface area contributed by atoms with E-state index in [1.165, 1.54) is 26.3 Å². The Balaban J connectivity index is 3.03. The normalized spacial score (nSPS) is 10.1. The summed E-state index contributed by atoms with van der Waals surface area (Å²) in [6.07, 6.45) is 0. The highest BCUT2D eigenvalue weighted by molar-refractivity contribution is 6.34. The molecule has 19 heavy (non-hydrogen) atoms. The molecule has 0 aromatic heterocycles. The number of methoxy groups -OCH3 is 1. The van der Waals surface area contributed by atoms with E-state index in [1.807, 2.05) is 0 Å². The number of hydrogen-bond donors (Lipinski definition) is 2. The number of carbonyl (C=O) groups excluding carboxylic acids is 1. The smallest absolute Gasteiger partial charge is 0.294 e. The molecule has 1 aromatic rings. The van der Waals surface area contributed by atoms with Crippen LogP contribution < -0.4 is 10.6 Å². The van der Waals surface area contributed by atoms with E-state index in [0.717, 1.165) is 0 Å². The van der Waals surface area contributed by atoms with Crippen molar-refractivity contribution in [2.45, 2.75) is 0 Å². The van der Waals surface area contributed by atoms with Crippen LogP contribution in [0.2, 0.25) is 5.02 Å². The molecule has 0 aliphatic carbocycles. The Bertz CT molecular complexity index is 493. The molecule has 0 spiro atoms. The fraction of sp³-hybridized carbons (Fsp3) is 0.364. The fourth-order valence-electron chi connectivity index (χ4n) is 1.48. The van der Waals surface area contributed by atoms with Crippen molar-refractivity contribution in [3.63, 3.8) is 0 Å². The molecule has 104 valence electrons. The Morgan fingerprint density at radius 1 is 1.53 bits per heavy atom. The summed E-state index contributed by atoms with van der Waals surface area (Å²) < 4.78 is 4.79. The maximum Gasteiger partial charge on any atom is 0.294 e. The van der Waals surface area contributed by atoms with E-state index in [1.54, 1.807) is 0 Å². The van der Waals surface area contributed by atoms with Gasteiger partial charge in [-0.05, 0) is 6.07 Å². The number of benzene rings is 1. The zero-order valence-electron chi connectivity index (χ0n) is 10.5. The van der Waals surface area contributed by atoms with Crippen LogP contribution in [0.5, 0.6) is 0 Å². The summed E-state index contributed by atoms with van der Waals surface area (Å²) in [5, 5.41) is 16.2. The van der Waals surface area contributed by atoms with Gasteiger partial charge >= 0.3 is 0 Å². The van der Waals surface area contributed by atoms with Crippen molar-refractivity contribution in [3.05, 3.63) is 32.8 Å². The maximum atomic E-state index is 11.8. The molecule has 0 bridgehead atoms. The number of ether oxygens (including phenoxy) is 1. The van der Waals surface area contributed by atoms with Crippen LogP contribution in [-0.4, -0.2) is 38.1 Å². The predicted octanol–water partition coefficient (Wildman–Crippen LogP) is 1.67. The van der Waals surface area contributed by atoms with E-state index < -0.39 is 10.8 Å². The van der Waals surface area contributed by atoms with Gasteiger partial charge in [-0.2, -0.15) is 0 Å². The number of amides is 1. The molecule has 0 aliphatic rings. The number of nitrogens with zero attached hydrogens (tertiary/aromatic N) is 1. The summed E-state index contributed by atoms with van der Waals surface area (Å²) in [7, 11) is 3.03. The van der Waals surface area contributed by atoms with E-state index in [-0.39, 0.29) is 22.0 Å². The van der Waals surface area contributed by atoms with Gasteiger partial charge in [-0.15, -0.1) is 0 Å². The summed E-state index contributed by atoms with van der Waals surface area (Å²) in [4.78, 5) is 22.1. The van der Waals surface area contributed by atoms with Gasteiger partial charge in [0.1, 0.15) is 5.69 Å². The third-order valence-corrected chi connectivity index (χ3v) is 2.67. The van der Waals surface area contributed by atoms with Crippen molar-refractivity contribution < 1.29 is 14.5 Å². The minimum Gasteiger partial charge on any atom is -0.383 e. The van der Waals surface area contributed by atoms with Gasteiger partial charge in [-0.25, -0.2) is 0 Å². The van der Waals surface area contributed by atoms with Gasteiger partial charge in [0.15, 0.2) is 0 Å². The van der Waals surface area contributed by atoms with E-state index in [9.17, 15) is 14.9 Å². The van der Waals surface area contributed by atoms with Crippen molar-refractivity contribution in [3.8, 4) is 0 Å². The first-order valence-corrected chi connectivity index (χ1v) is 5.82. The van der Waals surface area contributed by atoms with Gasteiger partial charge in [0.25, 0.3) is 11.6 Å². The first-order chi connectivity index (χ1) is 9.01. The molecule has 0 aliphatic heterocycles. The standard InChI is InChI=1S/C11H14ClN3O4/c1-13-10-8(12)5-7(6-9(10)15(17)18)11(16)14-3-4-19-2/h5-6,13H,3-4H2,1-2H3,(H,14,16). The molecule has 1 rings (SSSR count). The second-order valence-corrected chi connectivity index (χ2v) is 4.02. The van der Waals surface area contributed by atoms with Crippen molar-refractivity contribution in [1.29, 1.82) is 0 Å². The van der Waals surface area contributed by atoms with Gasteiger partial charge < -0.3 is 15.4 Å². The lowest BCUT2D eigenvalue weighted by Gasteiger charge is -2.08. The maximum absolute atomic E-state index is 11.8. The van der Waals surface area contributed by atoms with Crippen molar-refractivity contribution in [2.24, 2.45) is 0 Å². The number of hydrogen-bond acceptors (Lipinski definition) is 5.